The Hall–Kier alpha value is -0.240. The van der Waals surface area contributed by atoms with Crippen LogP contribution in [0.1, 0.15) is 194 Å². The van der Waals surface area contributed by atoms with Crippen LogP contribution in [0.25, 0.3) is 0 Å². The van der Waals surface area contributed by atoms with Gasteiger partial charge in [0.15, 0.2) is 0 Å². The van der Waals surface area contributed by atoms with Gasteiger partial charge in [0.1, 0.15) is 5.88 Å². The van der Waals surface area contributed by atoms with E-state index in [2.05, 4.69) is 13.8 Å². The maximum atomic E-state index is 11.5. The van der Waals surface area contributed by atoms with E-state index < -0.39 is 0 Å². The quantitative estimate of drug-likeness (QED) is 0.0494. The molecule has 0 spiro atoms. The standard InChI is InChI=1S/C34H67ClO2/c1-3-5-7-9-11-13-15-17-18-20-22-24-26-28-30-33(32-37-34(36)31-35)29-27-25-23-21-19-16-14-12-10-8-6-4-2/h33H,3-32H2,1-2H3. The summed E-state index contributed by atoms with van der Waals surface area (Å²) >= 11 is 5.63. The molecule has 0 heterocycles. The highest BCUT2D eigenvalue weighted by Gasteiger charge is 2.12. The van der Waals surface area contributed by atoms with Gasteiger partial charge in [-0.05, 0) is 18.8 Å². The fraction of sp³-hybridized carbons (Fsp3) is 0.971. The van der Waals surface area contributed by atoms with Crippen molar-refractivity contribution in [1.82, 2.24) is 0 Å². The molecule has 0 aliphatic carbocycles. The molecule has 2 nitrogen and oxygen atoms in total. The number of hydrogen-bond donors (Lipinski definition) is 0. The van der Waals surface area contributed by atoms with Crippen molar-refractivity contribution in [3.8, 4) is 0 Å². The van der Waals surface area contributed by atoms with Gasteiger partial charge < -0.3 is 4.74 Å². The Labute approximate surface area is 238 Å². The number of carbonyl (C=O) groups is 1. The monoisotopic (exact) mass is 542 g/mol. The zero-order valence-corrected chi connectivity index (χ0v) is 26.2. The van der Waals surface area contributed by atoms with E-state index in [9.17, 15) is 4.79 Å². The van der Waals surface area contributed by atoms with Crippen molar-refractivity contribution in [3.05, 3.63) is 0 Å². The van der Waals surface area contributed by atoms with Crippen LogP contribution in [0.3, 0.4) is 0 Å². The number of alkyl halides is 1. The predicted octanol–water partition coefficient (Wildman–Crippen LogP) is 12.3. The molecule has 0 N–H and O–H groups in total. The van der Waals surface area contributed by atoms with Crippen LogP contribution in [0.4, 0.5) is 0 Å². The van der Waals surface area contributed by atoms with Crippen LogP contribution >= 0.6 is 11.6 Å². The van der Waals surface area contributed by atoms with Crippen molar-refractivity contribution in [2.24, 2.45) is 5.92 Å². The normalized spacial score (nSPS) is 12.2. The lowest BCUT2D eigenvalue weighted by atomic mass is 9.94. The lowest BCUT2D eigenvalue weighted by Gasteiger charge is -2.17. The molecule has 0 saturated heterocycles. The Morgan fingerprint density at radius 2 is 0.757 bits per heavy atom. The average molecular weight is 543 g/mol. The molecular weight excluding hydrogens is 476 g/mol. The molecule has 222 valence electrons. The molecule has 1 atom stereocenters. The third kappa shape index (κ3) is 30.2. The topological polar surface area (TPSA) is 26.3 Å². The molecule has 0 aliphatic rings. The number of unbranched alkanes of at least 4 members (excludes halogenated alkanes) is 24. The first-order chi connectivity index (χ1) is 18.2. The molecule has 0 aliphatic heterocycles. The van der Waals surface area contributed by atoms with Gasteiger partial charge in [-0.15, -0.1) is 11.6 Å². The summed E-state index contributed by atoms with van der Waals surface area (Å²) in [4.78, 5) is 11.5. The summed E-state index contributed by atoms with van der Waals surface area (Å²) in [6.45, 7) is 5.15. The minimum absolute atomic E-state index is 0.0236. The molecule has 0 aromatic rings. The van der Waals surface area contributed by atoms with Crippen molar-refractivity contribution in [2.45, 2.75) is 194 Å². The van der Waals surface area contributed by atoms with Gasteiger partial charge in [0.05, 0.1) is 6.61 Å². The molecule has 0 radical (unpaired) electrons. The van der Waals surface area contributed by atoms with Gasteiger partial charge >= 0.3 is 5.97 Å². The molecule has 0 rings (SSSR count). The van der Waals surface area contributed by atoms with Crippen LogP contribution in [-0.2, 0) is 9.53 Å². The van der Waals surface area contributed by atoms with Gasteiger partial charge in [0.2, 0.25) is 0 Å². The first kappa shape index (κ1) is 36.8. The molecule has 0 saturated carbocycles. The van der Waals surface area contributed by atoms with Crippen LogP contribution in [0, 0.1) is 5.92 Å². The van der Waals surface area contributed by atoms with Gasteiger partial charge in [-0.1, -0.05) is 181 Å². The van der Waals surface area contributed by atoms with E-state index >= 15 is 0 Å². The summed E-state index contributed by atoms with van der Waals surface area (Å²) in [5.41, 5.74) is 0. The number of ether oxygens (including phenoxy) is 1. The molecule has 0 aromatic carbocycles. The Morgan fingerprint density at radius 1 is 0.486 bits per heavy atom. The lowest BCUT2D eigenvalue weighted by Crippen LogP contribution is -2.15. The minimum atomic E-state index is -0.262. The van der Waals surface area contributed by atoms with Gasteiger partial charge in [0.25, 0.3) is 0 Å². The largest absolute Gasteiger partial charge is 0.465 e. The van der Waals surface area contributed by atoms with Gasteiger partial charge in [-0.25, -0.2) is 0 Å². The second-order valence-corrected chi connectivity index (χ2v) is 12.0. The number of esters is 1. The Kier molecular flexibility index (Phi) is 31.8. The second kappa shape index (κ2) is 32.0. The Balaban J connectivity index is 3.68. The third-order valence-corrected chi connectivity index (χ3v) is 8.24. The fourth-order valence-corrected chi connectivity index (χ4v) is 5.54. The summed E-state index contributed by atoms with van der Waals surface area (Å²) in [5.74, 6) is 0.236. The fourth-order valence-electron chi connectivity index (χ4n) is 5.46. The molecule has 3 heteroatoms. The number of rotatable bonds is 31. The first-order valence-corrected chi connectivity index (χ1v) is 17.5. The van der Waals surface area contributed by atoms with Gasteiger partial charge in [-0.3, -0.25) is 4.79 Å². The summed E-state index contributed by atoms with van der Waals surface area (Å²) in [6, 6.07) is 0. The van der Waals surface area contributed by atoms with E-state index in [1.54, 1.807) is 0 Å². The van der Waals surface area contributed by atoms with Crippen molar-refractivity contribution in [1.29, 1.82) is 0 Å². The number of halogens is 1. The lowest BCUT2D eigenvalue weighted by molar-refractivity contribution is -0.142. The third-order valence-electron chi connectivity index (χ3n) is 8.02. The minimum Gasteiger partial charge on any atom is -0.465 e. The first-order valence-electron chi connectivity index (χ1n) is 17.0. The summed E-state index contributed by atoms with van der Waals surface area (Å²) in [7, 11) is 0. The Morgan fingerprint density at radius 3 is 1.03 bits per heavy atom. The smallest absolute Gasteiger partial charge is 0.320 e. The zero-order valence-electron chi connectivity index (χ0n) is 25.5. The van der Waals surface area contributed by atoms with E-state index in [-0.39, 0.29) is 11.8 Å². The molecule has 1 unspecified atom stereocenters. The second-order valence-electron chi connectivity index (χ2n) is 11.7. The molecule has 0 amide bonds. The van der Waals surface area contributed by atoms with E-state index in [0.717, 1.165) is 0 Å². The van der Waals surface area contributed by atoms with Crippen molar-refractivity contribution < 1.29 is 9.53 Å². The summed E-state index contributed by atoms with van der Waals surface area (Å²) in [6.07, 6.45) is 38.6. The average Bonchev–Trinajstić information content (AvgIpc) is 2.91. The molecule has 37 heavy (non-hydrogen) atoms. The SMILES string of the molecule is CCCCCCCCCCCCCCCCC(CCCCCCCCCCCCCC)COC(=O)CCl. The maximum Gasteiger partial charge on any atom is 0.320 e. The van der Waals surface area contributed by atoms with Gasteiger partial charge in [-0.2, -0.15) is 0 Å². The van der Waals surface area contributed by atoms with E-state index in [0.29, 0.717) is 12.5 Å². The van der Waals surface area contributed by atoms with Crippen LogP contribution in [-0.4, -0.2) is 18.5 Å². The molecule has 0 aromatic heterocycles. The summed E-state index contributed by atoms with van der Waals surface area (Å²) < 4.78 is 5.41. The molecule has 0 bridgehead atoms. The highest BCUT2D eigenvalue weighted by atomic mass is 35.5. The van der Waals surface area contributed by atoms with Crippen molar-refractivity contribution in [2.75, 3.05) is 12.5 Å². The summed E-state index contributed by atoms with van der Waals surface area (Å²) in [5, 5.41) is 0. The molecule has 0 fully saturated rings. The van der Waals surface area contributed by atoms with Crippen LogP contribution < -0.4 is 0 Å². The Bertz CT molecular complexity index is 440. The molecular formula is C34H67ClO2. The van der Waals surface area contributed by atoms with Gasteiger partial charge in [0, 0.05) is 0 Å². The zero-order chi connectivity index (χ0) is 27.1. The predicted molar refractivity (Wildman–Crippen MR) is 166 cm³/mol. The van der Waals surface area contributed by atoms with Crippen LogP contribution in [0.2, 0.25) is 0 Å². The highest BCUT2D eigenvalue weighted by molar-refractivity contribution is 6.26. The van der Waals surface area contributed by atoms with E-state index in [1.165, 1.54) is 180 Å². The maximum absolute atomic E-state index is 11.5. The number of hydrogen-bond acceptors (Lipinski definition) is 2. The number of carbonyl (C=O) groups excluding carboxylic acids is 1. The van der Waals surface area contributed by atoms with Crippen molar-refractivity contribution >= 4 is 17.6 Å². The van der Waals surface area contributed by atoms with E-state index in [4.69, 9.17) is 16.3 Å². The van der Waals surface area contributed by atoms with E-state index in [1.807, 2.05) is 0 Å². The highest BCUT2D eigenvalue weighted by Crippen LogP contribution is 2.21. The van der Waals surface area contributed by atoms with Crippen LogP contribution in [0.15, 0.2) is 0 Å². The van der Waals surface area contributed by atoms with Crippen molar-refractivity contribution in [3.63, 3.8) is 0 Å². The van der Waals surface area contributed by atoms with Crippen LogP contribution in [0.5, 0.6) is 0 Å².